The summed E-state index contributed by atoms with van der Waals surface area (Å²) in [7, 11) is 0. The Morgan fingerprint density at radius 2 is 1.82 bits per heavy atom. The summed E-state index contributed by atoms with van der Waals surface area (Å²) in [6.45, 7) is 8.11. The van der Waals surface area contributed by atoms with Crippen LogP contribution in [0.4, 0.5) is 0 Å². The van der Waals surface area contributed by atoms with E-state index in [9.17, 15) is 0 Å². The summed E-state index contributed by atoms with van der Waals surface area (Å²) in [6, 6.07) is 21.3. The largest absolute Gasteiger partial charge is 0.0622 e. The maximum absolute atomic E-state index is 3.86. The Morgan fingerprint density at radius 3 is 2.24 bits per heavy atom. The van der Waals surface area contributed by atoms with Gasteiger partial charge >= 0.3 is 0 Å². The van der Waals surface area contributed by atoms with Gasteiger partial charge in [-0.05, 0) is 30.9 Å². The molecule has 0 fully saturated rings. The Hall–Kier alpha value is -1.56. The van der Waals surface area contributed by atoms with Gasteiger partial charge in [0.1, 0.15) is 0 Å². The molecule has 88 valence electrons. The Kier molecular flexibility index (Phi) is 6.09. The summed E-state index contributed by atoms with van der Waals surface area (Å²) in [6.07, 6.45) is 0.976. The Morgan fingerprint density at radius 1 is 1.12 bits per heavy atom. The van der Waals surface area contributed by atoms with E-state index < -0.39 is 0 Å². The molecule has 2 radical (unpaired) electrons. The molecule has 0 spiro atoms. The van der Waals surface area contributed by atoms with Crippen molar-refractivity contribution in [3.8, 4) is 0 Å². The first-order chi connectivity index (χ1) is 8.24. The molecular formula is C17H20. The predicted octanol–water partition coefficient (Wildman–Crippen LogP) is 4.81. The van der Waals surface area contributed by atoms with E-state index in [1.807, 2.05) is 24.3 Å². The fourth-order valence-electron chi connectivity index (χ4n) is 1.43. The first-order valence-corrected chi connectivity index (χ1v) is 6.01. The first kappa shape index (κ1) is 13.5. The molecule has 1 atom stereocenters. The lowest BCUT2D eigenvalue weighted by Crippen LogP contribution is -1.88. The molecular weight excluding hydrogens is 204 g/mol. The van der Waals surface area contributed by atoms with Crippen LogP contribution in [0, 0.1) is 19.9 Å². The lowest BCUT2D eigenvalue weighted by Gasteiger charge is -2.06. The molecule has 0 aromatic heterocycles. The van der Waals surface area contributed by atoms with E-state index in [2.05, 4.69) is 57.2 Å². The van der Waals surface area contributed by atoms with Crippen molar-refractivity contribution in [1.82, 2.24) is 0 Å². The summed E-state index contributed by atoms with van der Waals surface area (Å²) in [5.74, 6) is 0.598. The van der Waals surface area contributed by atoms with Gasteiger partial charge in [0.05, 0.1) is 0 Å². The maximum Gasteiger partial charge on any atom is -0.0181 e. The van der Waals surface area contributed by atoms with Crippen LogP contribution in [0.2, 0.25) is 0 Å². The summed E-state index contributed by atoms with van der Waals surface area (Å²) >= 11 is 0. The van der Waals surface area contributed by atoms with Crippen LogP contribution in [0.25, 0.3) is 0 Å². The average molecular weight is 224 g/mol. The molecule has 0 aliphatic rings. The molecule has 0 nitrogen and oxygen atoms in total. The van der Waals surface area contributed by atoms with Crippen molar-refractivity contribution in [2.45, 2.75) is 26.2 Å². The van der Waals surface area contributed by atoms with Crippen molar-refractivity contribution in [2.24, 2.45) is 0 Å². The van der Waals surface area contributed by atoms with E-state index in [1.165, 1.54) is 11.1 Å². The fraction of sp³-hybridized carbons (Fsp3) is 0.235. The molecule has 0 N–H and O–H groups in total. The van der Waals surface area contributed by atoms with E-state index in [0.717, 1.165) is 6.42 Å². The third kappa shape index (κ3) is 5.35. The van der Waals surface area contributed by atoms with Crippen molar-refractivity contribution in [1.29, 1.82) is 0 Å². The summed E-state index contributed by atoms with van der Waals surface area (Å²) in [5.41, 5.74) is 2.65. The molecule has 0 bridgehead atoms. The van der Waals surface area contributed by atoms with E-state index >= 15 is 0 Å². The Bertz CT molecular complexity index is 389. The molecule has 0 aliphatic carbocycles. The zero-order valence-corrected chi connectivity index (χ0v) is 10.7. The van der Waals surface area contributed by atoms with Gasteiger partial charge in [-0.25, -0.2) is 0 Å². The van der Waals surface area contributed by atoms with Gasteiger partial charge in [0, 0.05) is 0 Å². The molecule has 17 heavy (non-hydrogen) atoms. The number of rotatable bonds is 2. The second-order valence-corrected chi connectivity index (χ2v) is 4.18. The highest BCUT2D eigenvalue weighted by molar-refractivity contribution is 5.18. The molecule has 2 aromatic carbocycles. The van der Waals surface area contributed by atoms with Crippen LogP contribution in [0.5, 0.6) is 0 Å². The second-order valence-electron chi connectivity index (χ2n) is 4.18. The van der Waals surface area contributed by atoms with Gasteiger partial charge in [0.15, 0.2) is 0 Å². The third-order valence-electron chi connectivity index (χ3n) is 2.66. The van der Waals surface area contributed by atoms with Crippen LogP contribution in [-0.4, -0.2) is 0 Å². The highest BCUT2D eigenvalue weighted by Crippen LogP contribution is 2.16. The Labute approximate surface area is 105 Å². The SMILES string of the molecule is Cc1c[c]ccc1.[CH2]CC(C)c1ccccc1. The van der Waals surface area contributed by atoms with E-state index in [4.69, 9.17) is 0 Å². The third-order valence-corrected chi connectivity index (χ3v) is 2.66. The maximum atomic E-state index is 3.86. The highest BCUT2D eigenvalue weighted by atomic mass is 14.0. The van der Waals surface area contributed by atoms with Crippen molar-refractivity contribution in [3.63, 3.8) is 0 Å². The monoisotopic (exact) mass is 224 g/mol. The zero-order valence-electron chi connectivity index (χ0n) is 10.7. The van der Waals surface area contributed by atoms with Gasteiger partial charge in [0.25, 0.3) is 0 Å². The van der Waals surface area contributed by atoms with E-state index in [0.29, 0.717) is 5.92 Å². The van der Waals surface area contributed by atoms with Crippen molar-refractivity contribution in [3.05, 3.63) is 78.7 Å². The van der Waals surface area contributed by atoms with Crippen molar-refractivity contribution >= 4 is 0 Å². The highest BCUT2D eigenvalue weighted by Gasteiger charge is 1.98. The van der Waals surface area contributed by atoms with Crippen molar-refractivity contribution < 1.29 is 0 Å². The zero-order chi connectivity index (χ0) is 12.5. The smallest absolute Gasteiger partial charge is 0.0181 e. The van der Waals surface area contributed by atoms with E-state index in [-0.39, 0.29) is 0 Å². The minimum absolute atomic E-state index is 0.598. The quantitative estimate of drug-likeness (QED) is 0.686. The van der Waals surface area contributed by atoms with Gasteiger partial charge in [-0.2, -0.15) is 0 Å². The van der Waals surface area contributed by atoms with Crippen LogP contribution in [0.1, 0.15) is 30.4 Å². The summed E-state index contributed by atoms with van der Waals surface area (Å²) in [5, 5.41) is 0. The number of benzene rings is 2. The Balaban J connectivity index is 0.000000181. The lowest BCUT2D eigenvalue weighted by molar-refractivity contribution is 0.778. The standard InChI is InChI=1S/C10H13.C7H7/c1-3-9(2)10-7-5-4-6-8-10;1-7-5-3-2-4-6-7/h4-9H,1,3H2,2H3;2-3,5-6H,1H3. The number of hydrogen-bond donors (Lipinski definition) is 0. The van der Waals surface area contributed by atoms with Gasteiger partial charge in [-0.15, -0.1) is 0 Å². The molecule has 0 saturated carbocycles. The van der Waals surface area contributed by atoms with Crippen LogP contribution >= 0.6 is 0 Å². The molecule has 1 unspecified atom stereocenters. The molecule has 2 rings (SSSR count). The lowest BCUT2D eigenvalue weighted by atomic mass is 9.99. The summed E-state index contributed by atoms with van der Waals surface area (Å²) < 4.78 is 0. The van der Waals surface area contributed by atoms with Gasteiger partial charge in [0.2, 0.25) is 0 Å². The molecule has 2 aromatic rings. The van der Waals surface area contributed by atoms with Crippen LogP contribution in [0.15, 0.2) is 54.6 Å². The second kappa shape index (κ2) is 7.67. The number of hydrogen-bond acceptors (Lipinski definition) is 0. The molecule has 0 heteroatoms. The van der Waals surface area contributed by atoms with E-state index in [1.54, 1.807) is 0 Å². The fourth-order valence-corrected chi connectivity index (χ4v) is 1.43. The minimum Gasteiger partial charge on any atom is -0.0622 e. The normalized spacial score (nSPS) is 11.2. The first-order valence-electron chi connectivity index (χ1n) is 6.01. The van der Waals surface area contributed by atoms with Crippen LogP contribution < -0.4 is 0 Å². The molecule has 0 saturated heterocycles. The van der Waals surface area contributed by atoms with Gasteiger partial charge in [-0.1, -0.05) is 74.0 Å². The number of aryl methyl sites for hydroxylation is 1. The topological polar surface area (TPSA) is 0 Å². The molecule has 0 amide bonds. The van der Waals surface area contributed by atoms with Crippen LogP contribution in [-0.2, 0) is 0 Å². The van der Waals surface area contributed by atoms with Crippen molar-refractivity contribution in [2.75, 3.05) is 0 Å². The van der Waals surface area contributed by atoms with Gasteiger partial charge < -0.3 is 0 Å². The molecule has 0 heterocycles. The average Bonchev–Trinajstić information content (AvgIpc) is 2.40. The van der Waals surface area contributed by atoms with Crippen LogP contribution in [0.3, 0.4) is 0 Å². The van der Waals surface area contributed by atoms with Gasteiger partial charge in [-0.3, -0.25) is 0 Å². The predicted molar refractivity (Wildman–Crippen MR) is 74.8 cm³/mol. The summed E-state index contributed by atoms with van der Waals surface area (Å²) in [4.78, 5) is 0. The molecule has 0 aliphatic heterocycles. The minimum atomic E-state index is 0.598.